The number of carbonyl (C=O) groups excluding carboxylic acids is 1. The van der Waals surface area contributed by atoms with Gasteiger partial charge in [0.25, 0.3) is 5.91 Å². The molecule has 1 atom stereocenters. The van der Waals surface area contributed by atoms with Gasteiger partial charge in [0, 0.05) is 24.0 Å². The van der Waals surface area contributed by atoms with Gasteiger partial charge in [-0.15, -0.1) is 11.3 Å². The predicted molar refractivity (Wildman–Crippen MR) is 156 cm³/mol. The SMILES string of the molecule is Cc1cc(-c2cccc(C(=O)N3CCc4cc(C(O)Nc5ccccc5N)sc4-c4ccccc43)n2)n(C)n1. The third-order valence-corrected chi connectivity index (χ3v) is 8.14. The highest BCUT2D eigenvalue weighted by atomic mass is 32.1. The molecule has 196 valence electrons. The number of carbonyl (C=O) groups is 1. The Morgan fingerprint density at radius 3 is 2.67 bits per heavy atom. The van der Waals surface area contributed by atoms with E-state index in [9.17, 15) is 9.90 Å². The standard InChI is InChI=1S/C30H28N6O2S/c1-18-16-26(35(2)34-18)23-11-7-12-24(32-23)30(38)36-15-14-19-17-27(29(37)33-22-10-5-4-9-21(22)31)39-28(19)20-8-3-6-13-25(20)36/h3-13,16-17,29,33,37H,14-15,31H2,1-2H3. The Morgan fingerprint density at radius 1 is 1.08 bits per heavy atom. The molecule has 0 fully saturated rings. The quantitative estimate of drug-likeness (QED) is 0.205. The number of para-hydroxylation sites is 3. The molecule has 2 aromatic carbocycles. The molecule has 4 heterocycles. The number of rotatable bonds is 5. The maximum absolute atomic E-state index is 13.9. The molecule has 1 unspecified atom stereocenters. The first-order valence-electron chi connectivity index (χ1n) is 12.7. The highest BCUT2D eigenvalue weighted by molar-refractivity contribution is 7.15. The van der Waals surface area contributed by atoms with Crippen LogP contribution in [0, 0.1) is 6.92 Å². The molecule has 0 aliphatic carbocycles. The molecule has 6 rings (SSSR count). The Bertz CT molecular complexity index is 1690. The highest BCUT2D eigenvalue weighted by Crippen LogP contribution is 2.43. The fraction of sp³-hybridized carbons (Fsp3) is 0.167. The van der Waals surface area contributed by atoms with Crippen molar-refractivity contribution in [3.63, 3.8) is 0 Å². The van der Waals surface area contributed by atoms with Crippen molar-refractivity contribution in [3.8, 4) is 21.8 Å². The van der Waals surface area contributed by atoms with Crippen LogP contribution in [0.4, 0.5) is 17.1 Å². The normalized spacial score (nSPS) is 13.4. The van der Waals surface area contributed by atoms with Crippen LogP contribution >= 0.6 is 11.3 Å². The summed E-state index contributed by atoms with van der Waals surface area (Å²) in [6.07, 6.45) is -0.258. The number of hydrogen-bond acceptors (Lipinski definition) is 7. The van der Waals surface area contributed by atoms with Crippen molar-refractivity contribution in [2.75, 3.05) is 22.5 Å². The Hall–Kier alpha value is -4.47. The summed E-state index contributed by atoms with van der Waals surface area (Å²) < 4.78 is 1.78. The van der Waals surface area contributed by atoms with Crippen LogP contribution in [0.1, 0.15) is 32.9 Å². The summed E-state index contributed by atoms with van der Waals surface area (Å²) in [4.78, 5) is 22.2. The highest BCUT2D eigenvalue weighted by Gasteiger charge is 2.28. The largest absolute Gasteiger partial charge is 0.397 e. The molecule has 1 aliphatic rings. The molecule has 1 aliphatic heterocycles. The van der Waals surface area contributed by atoms with Crippen molar-refractivity contribution in [2.45, 2.75) is 19.6 Å². The lowest BCUT2D eigenvalue weighted by Gasteiger charge is -2.23. The lowest BCUT2D eigenvalue weighted by atomic mass is 10.1. The van der Waals surface area contributed by atoms with Gasteiger partial charge in [-0.05, 0) is 61.4 Å². The minimum absolute atomic E-state index is 0.153. The molecule has 0 saturated carbocycles. The van der Waals surface area contributed by atoms with Gasteiger partial charge in [-0.2, -0.15) is 5.10 Å². The summed E-state index contributed by atoms with van der Waals surface area (Å²) in [7, 11) is 1.87. The van der Waals surface area contributed by atoms with Crippen LogP contribution in [-0.2, 0) is 13.5 Å². The van der Waals surface area contributed by atoms with Crippen LogP contribution in [0.2, 0.25) is 0 Å². The smallest absolute Gasteiger partial charge is 0.276 e. The Kier molecular flexibility index (Phi) is 6.38. The number of amides is 1. The van der Waals surface area contributed by atoms with Crippen LogP contribution in [0.25, 0.3) is 21.8 Å². The maximum atomic E-state index is 13.9. The van der Waals surface area contributed by atoms with E-state index in [1.807, 2.05) is 85.6 Å². The van der Waals surface area contributed by atoms with Gasteiger partial charge < -0.3 is 21.1 Å². The van der Waals surface area contributed by atoms with Crippen molar-refractivity contribution in [1.82, 2.24) is 14.8 Å². The van der Waals surface area contributed by atoms with E-state index >= 15 is 0 Å². The van der Waals surface area contributed by atoms with Crippen molar-refractivity contribution < 1.29 is 9.90 Å². The second kappa shape index (κ2) is 10.0. The van der Waals surface area contributed by atoms with Gasteiger partial charge in [0.15, 0.2) is 6.23 Å². The molecule has 0 spiro atoms. The molecule has 0 bridgehead atoms. The molecular formula is C30H28N6O2S. The zero-order valence-electron chi connectivity index (χ0n) is 21.6. The van der Waals surface area contributed by atoms with E-state index in [-0.39, 0.29) is 5.91 Å². The summed E-state index contributed by atoms with van der Waals surface area (Å²) >= 11 is 1.52. The van der Waals surface area contributed by atoms with Gasteiger partial charge in [-0.1, -0.05) is 36.4 Å². The number of pyridine rings is 1. The summed E-state index contributed by atoms with van der Waals surface area (Å²) in [6.45, 7) is 2.42. The molecule has 1 amide bonds. The average Bonchev–Trinajstić information content (AvgIpc) is 3.48. The number of benzene rings is 2. The van der Waals surface area contributed by atoms with Crippen LogP contribution in [-0.4, -0.2) is 32.3 Å². The van der Waals surface area contributed by atoms with Crippen molar-refractivity contribution in [2.24, 2.45) is 7.05 Å². The number of thiophene rings is 1. The molecule has 9 heteroatoms. The van der Waals surface area contributed by atoms with Crippen LogP contribution in [0.3, 0.4) is 0 Å². The topological polar surface area (TPSA) is 109 Å². The molecule has 4 N–H and O–H groups in total. The Balaban J connectivity index is 1.32. The molecule has 0 saturated heterocycles. The van der Waals surface area contributed by atoms with Gasteiger partial charge in [-0.25, -0.2) is 4.98 Å². The number of aromatic nitrogens is 3. The summed E-state index contributed by atoms with van der Waals surface area (Å²) in [5.41, 5.74) is 13.0. The fourth-order valence-electron chi connectivity index (χ4n) is 5.00. The van der Waals surface area contributed by atoms with Gasteiger partial charge in [0.05, 0.1) is 39.0 Å². The Labute approximate surface area is 230 Å². The molecule has 8 nitrogen and oxygen atoms in total. The number of aliphatic hydroxyl groups excluding tert-OH is 1. The van der Waals surface area contributed by atoms with E-state index in [0.29, 0.717) is 35.7 Å². The van der Waals surface area contributed by atoms with Crippen molar-refractivity contribution >= 4 is 34.3 Å². The zero-order chi connectivity index (χ0) is 27.1. The second-order valence-corrected chi connectivity index (χ2v) is 10.6. The third kappa shape index (κ3) is 4.67. The zero-order valence-corrected chi connectivity index (χ0v) is 22.4. The van der Waals surface area contributed by atoms with Gasteiger partial charge in [-0.3, -0.25) is 9.48 Å². The first kappa shape index (κ1) is 24.8. The van der Waals surface area contributed by atoms with E-state index in [4.69, 9.17) is 10.7 Å². The first-order chi connectivity index (χ1) is 18.9. The number of nitrogens with zero attached hydrogens (tertiary/aromatic N) is 4. The molecule has 39 heavy (non-hydrogen) atoms. The van der Waals surface area contributed by atoms with Crippen molar-refractivity contribution in [3.05, 3.63) is 101 Å². The van der Waals surface area contributed by atoms with Gasteiger partial charge in [0.1, 0.15) is 5.69 Å². The van der Waals surface area contributed by atoms with Crippen molar-refractivity contribution in [1.29, 1.82) is 0 Å². The summed E-state index contributed by atoms with van der Waals surface area (Å²) in [5, 5.41) is 18.5. The minimum Gasteiger partial charge on any atom is -0.397 e. The summed E-state index contributed by atoms with van der Waals surface area (Å²) in [5.74, 6) is -0.153. The number of nitrogens with one attached hydrogen (secondary N) is 1. The number of aliphatic hydroxyl groups is 1. The number of nitrogens with two attached hydrogens (primary N) is 1. The third-order valence-electron chi connectivity index (χ3n) is 6.87. The first-order valence-corrected chi connectivity index (χ1v) is 13.5. The van der Waals surface area contributed by atoms with Crippen LogP contribution in [0.15, 0.2) is 78.9 Å². The number of hydrogen-bond donors (Lipinski definition) is 3. The molecule has 3 aromatic heterocycles. The predicted octanol–water partition coefficient (Wildman–Crippen LogP) is 5.41. The van der Waals surface area contributed by atoms with E-state index in [1.165, 1.54) is 11.3 Å². The average molecular weight is 537 g/mol. The van der Waals surface area contributed by atoms with E-state index < -0.39 is 6.23 Å². The van der Waals surface area contributed by atoms with Gasteiger partial charge in [0.2, 0.25) is 0 Å². The molecule has 0 radical (unpaired) electrons. The molecule has 5 aromatic rings. The molecular weight excluding hydrogens is 508 g/mol. The van der Waals surface area contributed by atoms with Crippen LogP contribution < -0.4 is 16.0 Å². The number of anilines is 3. The number of fused-ring (bicyclic) bond motifs is 3. The maximum Gasteiger partial charge on any atom is 0.276 e. The number of aryl methyl sites for hydroxylation is 2. The van der Waals surface area contributed by atoms with E-state index in [1.54, 1.807) is 16.8 Å². The lowest BCUT2D eigenvalue weighted by Crippen LogP contribution is -2.33. The Morgan fingerprint density at radius 2 is 1.87 bits per heavy atom. The van der Waals surface area contributed by atoms with E-state index in [2.05, 4.69) is 10.4 Å². The van der Waals surface area contributed by atoms with Gasteiger partial charge >= 0.3 is 0 Å². The van der Waals surface area contributed by atoms with E-state index in [0.717, 1.165) is 38.0 Å². The summed E-state index contributed by atoms with van der Waals surface area (Å²) in [6, 6.07) is 24.8. The fourth-order valence-corrected chi connectivity index (χ4v) is 6.18. The minimum atomic E-state index is -0.904. The number of nitrogen functional groups attached to an aromatic ring is 1. The second-order valence-electron chi connectivity index (χ2n) is 9.56. The van der Waals surface area contributed by atoms with Crippen LogP contribution in [0.5, 0.6) is 0 Å². The lowest BCUT2D eigenvalue weighted by molar-refractivity contribution is 0.0982. The monoisotopic (exact) mass is 536 g/mol.